The Labute approximate surface area is 125 Å². The van der Waals surface area contributed by atoms with E-state index in [-0.39, 0.29) is 5.91 Å². The molecule has 0 saturated carbocycles. The molecule has 1 aromatic carbocycles. The number of carbonyl (C=O) groups excluding carboxylic acids is 1. The molecular formula is C14H15BrN2OS. The standard InChI is InChI=1S/C14H15BrN2OS/c1-9(2)7-13(18)16-14-8-12(17-19-14)10-3-5-11(15)6-4-10/h3-6,8-9H,7H2,1-2H3,(H,16,18). The Kier molecular flexibility index (Phi) is 4.71. The molecule has 19 heavy (non-hydrogen) atoms. The van der Waals surface area contributed by atoms with E-state index in [0.29, 0.717) is 12.3 Å². The van der Waals surface area contributed by atoms with Crippen LogP contribution in [0.25, 0.3) is 11.3 Å². The van der Waals surface area contributed by atoms with E-state index in [2.05, 4.69) is 25.6 Å². The molecule has 0 aliphatic carbocycles. The molecule has 0 aliphatic heterocycles. The van der Waals surface area contributed by atoms with Gasteiger partial charge in [-0.3, -0.25) is 4.79 Å². The van der Waals surface area contributed by atoms with Crippen LogP contribution in [-0.2, 0) is 4.79 Å². The van der Waals surface area contributed by atoms with Crippen LogP contribution in [0.5, 0.6) is 0 Å². The quantitative estimate of drug-likeness (QED) is 0.887. The molecule has 0 radical (unpaired) electrons. The van der Waals surface area contributed by atoms with Crippen molar-refractivity contribution in [3.63, 3.8) is 0 Å². The molecule has 1 amide bonds. The molecule has 1 N–H and O–H groups in total. The number of nitrogens with zero attached hydrogens (tertiary/aromatic N) is 1. The Morgan fingerprint density at radius 3 is 2.68 bits per heavy atom. The number of halogens is 1. The van der Waals surface area contributed by atoms with Crippen molar-refractivity contribution in [2.24, 2.45) is 5.92 Å². The maximum Gasteiger partial charge on any atom is 0.225 e. The van der Waals surface area contributed by atoms with Crippen LogP contribution in [0.2, 0.25) is 0 Å². The lowest BCUT2D eigenvalue weighted by molar-refractivity contribution is -0.116. The third-order valence-corrected chi connectivity index (χ3v) is 3.74. The minimum absolute atomic E-state index is 0.0426. The summed E-state index contributed by atoms with van der Waals surface area (Å²) < 4.78 is 5.40. The fourth-order valence-electron chi connectivity index (χ4n) is 1.65. The summed E-state index contributed by atoms with van der Waals surface area (Å²) in [5.41, 5.74) is 1.93. The first kappa shape index (κ1) is 14.2. The van der Waals surface area contributed by atoms with Gasteiger partial charge >= 0.3 is 0 Å². The zero-order valence-corrected chi connectivity index (χ0v) is 13.2. The molecule has 0 spiro atoms. The van der Waals surface area contributed by atoms with Gasteiger partial charge in [0.25, 0.3) is 0 Å². The summed E-state index contributed by atoms with van der Waals surface area (Å²) in [5, 5.41) is 3.68. The SMILES string of the molecule is CC(C)CC(=O)Nc1cc(-c2ccc(Br)cc2)ns1. The maximum atomic E-state index is 11.7. The van der Waals surface area contributed by atoms with Crippen LogP contribution in [0, 0.1) is 5.92 Å². The zero-order chi connectivity index (χ0) is 13.8. The molecule has 0 atom stereocenters. The Morgan fingerprint density at radius 2 is 2.05 bits per heavy atom. The monoisotopic (exact) mass is 338 g/mol. The van der Waals surface area contributed by atoms with Crippen LogP contribution in [0.4, 0.5) is 5.00 Å². The van der Waals surface area contributed by atoms with Crippen molar-refractivity contribution in [2.45, 2.75) is 20.3 Å². The Balaban J connectivity index is 2.07. The molecule has 1 aromatic heterocycles. The Morgan fingerprint density at radius 1 is 1.37 bits per heavy atom. The number of carbonyl (C=O) groups is 1. The second-order valence-electron chi connectivity index (χ2n) is 4.73. The van der Waals surface area contributed by atoms with Crippen LogP contribution in [0.3, 0.4) is 0 Å². The number of aromatic nitrogens is 1. The summed E-state index contributed by atoms with van der Waals surface area (Å²) in [5.74, 6) is 0.403. The highest BCUT2D eigenvalue weighted by molar-refractivity contribution is 9.10. The Hall–Kier alpha value is -1.20. The molecule has 0 unspecified atom stereocenters. The van der Waals surface area contributed by atoms with E-state index in [1.165, 1.54) is 11.5 Å². The second kappa shape index (κ2) is 6.30. The van der Waals surface area contributed by atoms with Gasteiger partial charge in [0.15, 0.2) is 0 Å². The Bertz CT molecular complexity index is 563. The van der Waals surface area contributed by atoms with Crippen molar-refractivity contribution in [2.75, 3.05) is 5.32 Å². The molecule has 0 saturated heterocycles. The van der Waals surface area contributed by atoms with Crippen molar-refractivity contribution in [1.82, 2.24) is 4.37 Å². The van der Waals surface area contributed by atoms with Gasteiger partial charge in [0.05, 0.1) is 5.69 Å². The topological polar surface area (TPSA) is 42.0 Å². The summed E-state index contributed by atoms with van der Waals surface area (Å²) in [6.07, 6.45) is 0.533. The summed E-state index contributed by atoms with van der Waals surface area (Å²) in [6, 6.07) is 9.86. The van der Waals surface area contributed by atoms with Crippen LogP contribution >= 0.6 is 27.5 Å². The fourth-order valence-corrected chi connectivity index (χ4v) is 2.59. The second-order valence-corrected chi connectivity index (χ2v) is 6.45. The summed E-state index contributed by atoms with van der Waals surface area (Å²) in [7, 11) is 0. The predicted molar refractivity (Wildman–Crippen MR) is 83.3 cm³/mol. The molecule has 100 valence electrons. The van der Waals surface area contributed by atoms with Crippen molar-refractivity contribution in [3.05, 3.63) is 34.8 Å². The molecule has 5 heteroatoms. The highest BCUT2D eigenvalue weighted by atomic mass is 79.9. The highest BCUT2D eigenvalue weighted by Crippen LogP contribution is 2.26. The molecular weight excluding hydrogens is 324 g/mol. The molecule has 2 aromatic rings. The van der Waals surface area contributed by atoms with E-state index in [0.717, 1.165) is 20.7 Å². The largest absolute Gasteiger partial charge is 0.316 e. The summed E-state index contributed by atoms with van der Waals surface area (Å²) in [6.45, 7) is 4.05. The number of hydrogen-bond donors (Lipinski definition) is 1. The summed E-state index contributed by atoms with van der Waals surface area (Å²) >= 11 is 4.71. The molecule has 1 heterocycles. The molecule has 3 nitrogen and oxygen atoms in total. The lowest BCUT2D eigenvalue weighted by atomic mass is 10.1. The van der Waals surface area contributed by atoms with E-state index in [1.807, 2.05) is 44.2 Å². The number of amides is 1. The average Bonchev–Trinajstić information content (AvgIpc) is 2.77. The third-order valence-electron chi connectivity index (χ3n) is 2.51. The van der Waals surface area contributed by atoms with Gasteiger partial charge in [-0.25, -0.2) is 0 Å². The van der Waals surface area contributed by atoms with E-state index >= 15 is 0 Å². The van der Waals surface area contributed by atoms with Crippen LogP contribution < -0.4 is 5.32 Å². The number of benzene rings is 1. The normalized spacial score (nSPS) is 10.7. The smallest absolute Gasteiger partial charge is 0.225 e. The molecule has 2 rings (SSSR count). The van der Waals surface area contributed by atoms with Gasteiger partial charge < -0.3 is 5.32 Å². The van der Waals surface area contributed by atoms with Gasteiger partial charge in [-0.15, -0.1) is 0 Å². The first-order chi connectivity index (χ1) is 9.04. The van der Waals surface area contributed by atoms with E-state index in [9.17, 15) is 4.79 Å². The lowest BCUT2D eigenvalue weighted by Crippen LogP contribution is -2.12. The number of hydrogen-bond acceptors (Lipinski definition) is 3. The number of nitrogens with one attached hydrogen (secondary N) is 1. The predicted octanol–water partition coefficient (Wildman–Crippen LogP) is 4.56. The van der Waals surface area contributed by atoms with Crippen molar-refractivity contribution >= 4 is 38.4 Å². The molecule has 0 fully saturated rings. The number of anilines is 1. The van der Waals surface area contributed by atoms with Crippen LogP contribution in [-0.4, -0.2) is 10.3 Å². The minimum Gasteiger partial charge on any atom is -0.316 e. The zero-order valence-electron chi connectivity index (χ0n) is 10.8. The van der Waals surface area contributed by atoms with Gasteiger partial charge in [0, 0.05) is 22.5 Å². The van der Waals surface area contributed by atoms with Gasteiger partial charge in [0.1, 0.15) is 5.00 Å². The number of rotatable bonds is 4. The van der Waals surface area contributed by atoms with E-state index in [1.54, 1.807) is 0 Å². The maximum absolute atomic E-state index is 11.7. The first-order valence-electron chi connectivity index (χ1n) is 6.07. The highest BCUT2D eigenvalue weighted by Gasteiger charge is 2.09. The third kappa shape index (κ3) is 4.14. The average molecular weight is 339 g/mol. The minimum atomic E-state index is 0.0426. The molecule has 0 bridgehead atoms. The first-order valence-corrected chi connectivity index (χ1v) is 7.64. The van der Waals surface area contributed by atoms with Gasteiger partial charge in [-0.05, 0) is 29.6 Å². The van der Waals surface area contributed by atoms with E-state index < -0.39 is 0 Å². The van der Waals surface area contributed by atoms with Crippen LogP contribution in [0.15, 0.2) is 34.8 Å². The van der Waals surface area contributed by atoms with Gasteiger partial charge in [-0.2, -0.15) is 4.37 Å². The van der Waals surface area contributed by atoms with Gasteiger partial charge in [0.2, 0.25) is 5.91 Å². The molecule has 0 aliphatic rings. The van der Waals surface area contributed by atoms with Crippen LogP contribution in [0.1, 0.15) is 20.3 Å². The van der Waals surface area contributed by atoms with Crippen molar-refractivity contribution in [3.8, 4) is 11.3 Å². The van der Waals surface area contributed by atoms with Gasteiger partial charge in [-0.1, -0.05) is 41.9 Å². The van der Waals surface area contributed by atoms with Crippen molar-refractivity contribution in [1.29, 1.82) is 0 Å². The fraction of sp³-hybridized carbons (Fsp3) is 0.286. The lowest BCUT2D eigenvalue weighted by Gasteiger charge is -2.03. The summed E-state index contributed by atoms with van der Waals surface area (Å²) in [4.78, 5) is 11.7. The van der Waals surface area contributed by atoms with Crippen molar-refractivity contribution < 1.29 is 4.79 Å². The van der Waals surface area contributed by atoms with E-state index in [4.69, 9.17) is 0 Å².